The van der Waals surface area contributed by atoms with Gasteiger partial charge in [-0.25, -0.2) is 4.39 Å². The van der Waals surface area contributed by atoms with Crippen molar-refractivity contribution in [2.75, 3.05) is 32.8 Å². The Hall–Kier alpha value is -2.48. The molecular formula is C23H30FN3O4. The van der Waals surface area contributed by atoms with E-state index in [1.54, 1.807) is 21.9 Å². The van der Waals surface area contributed by atoms with Crippen molar-refractivity contribution in [3.63, 3.8) is 0 Å². The first-order valence-electron chi connectivity index (χ1n) is 11.1. The summed E-state index contributed by atoms with van der Waals surface area (Å²) in [4.78, 5) is 43.6. The van der Waals surface area contributed by atoms with Gasteiger partial charge in [-0.15, -0.1) is 0 Å². The summed E-state index contributed by atoms with van der Waals surface area (Å²) < 4.78 is 20.7. The van der Waals surface area contributed by atoms with Crippen molar-refractivity contribution < 1.29 is 23.5 Å². The fraction of sp³-hybridized carbons (Fsp3) is 0.609. The smallest absolute Gasteiger partial charge is 0.259 e. The van der Waals surface area contributed by atoms with Gasteiger partial charge in [0.25, 0.3) is 5.91 Å². The lowest BCUT2D eigenvalue weighted by molar-refractivity contribution is -0.142. The monoisotopic (exact) mass is 431 g/mol. The van der Waals surface area contributed by atoms with E-state index in [-0.39, 0.29) is 24.0 Å². The molecule has 1 saturated carbocycles. The van der Waals surface area contributed by atoms with Gasteiger partial charge in [-0.05, 0) is 37.3 Å². The van der Waals surface area contributed by atoms with Crippen LogP contribution in [-0.2, 0) is 14.3 Å². The van der Waals surface area contributed by atoms with E-state index >= 15 is 0 Å². The zero-order valence-electron chi connectivity index (χ0n) is 18.2. The number of halogens is 1. The van der Waals surface area contributed by atoms with Crippen molar-refractivity contribution in [2.45, 2.75) is 51.3 Å². The molecule has 1 aromatic rings. The molecule has 2 saturated heterocycles. The van der Waals surface area contributed by atoms with Crippen molar-refractivity contribution in [1.29, 1.82) is 0 Å². The number of amides is 3. The van der Waals surface area contributed by atoms with E-state index in [1.165, 1.54) is 24.0 Å². The molecule has 168 valence electrons. The number of benzene rings is 1. The van der Waals surface area contributed by atoms with Crippen LogP contribution < -0.4 is 0 Å². The highest BCUT2D eigenvalue weighted by atomic mass is 19.1. The Bertz CT molecular complexity index is 870. The zero-order valence-corrected chi connectivity index (χ0v) is 18.2. The standard InChI is InChI=1S/C23H30FN3O4/c1-16-6-5-9-23(14-16)27(21(29)18-7-3-4-8-19(18)24)20(15-31-23)22(30)26-12-10-25(11-13-26)17(2)28/h3-4,7-8,16,20H,5-6,9-15H2,1-2H3/t16-,20+,23+/m1/s1. The highest BCUT2D eigenvalue weighted by molar-refractivity contribution is 5.98. The molecule has 1 spiro atoms. The second kappa shape index (κ2) is 8.57. The molecule has 3 aliphatic rings. The number of ether oxygens (including phenoxy) is 1. The van der Waals surface area contributed by atoms with Gasteiger partial charge in [0, 0.05) is 33.1 Å². The molecule has 0 aromatic heterocycles. The maximum absolute atomic E-state index is 14.5. The minimum Gasteiger partial charge on any atom is -0.353 e. The lowest BCUT2D eigenvalue weighted by Gasteiger charge is -2.44. The summed E-state index contributed by atoms with van der Waals surface area (Å²) in [5.41, 5.74) is -0.914. The number of carbonyl (C=O) groups excluding carboxylic acids is 3. The predicted molar refractivity (Wildman–Crippen MR) is 112 cm³/mol. The van der Waals surface area contributed by atoms with Gasteiger partial charge in [0.05, 0.1) is 12.2 Å². The predicted octanol–water partition coefficient (Wildman–Crippen LogP) is 2.26. The molecule has 0 unspecified atom stereocenters. The molecule has 1 aromatic carbocycles. The summed E-state index contributed by atoms with van der Waals surface area (Å²) in [6.45, 7) is 5.52. The molecular weight excluding hydrogens is 401 g/mol. The van der Waals surface area contributed by atoms with Crippen LogP contribution in [0.25, 0.3) is 0 Å². The second-order valence-electron chi connectivity index (χ2n) is 8.96. The largest absolute Gasteiger partial charge is 0.353 e. The van der Waals surface area contributed by atoms with Gasteiger partial charge in [-0.2, -0.15) is 0 Å². The van der Waals surface area contributed by atoms with Crippen LogP contribution in [0.2, 0.25) is 0 Å². The summed E-state index contributed by atoms with van der Waals surface area (Å²) in [5.74, 6) is -0.950. The first-order valence-corrected chi connectivity index (χ1v) is 11.1. The van der Waals surface area contributed by atoms with E-state index in [4.69, 9.17) is 4.74 Å². The van der Waals surface area contributed by atoms with Crippen LogP contribution in [0.5, 0.6) is 0 Å². The third-order valence-corrected chi connectivity index (χ3v) is 6.84. The molecule has 3 fully saturated rings. The number of rotatable bonds is 2. The van der Waals surface area contributed by atoms with Crippen molar-refractivity contribution >= 4 is 17.7 Å². The Morgan fingerprint density at radius 1 is 1.10 bits per heavy atom. The summed E-state index contributed by atoms with van der Waals surface area (Å²) >= 11 is 0. The van der Waals surface area contributed by atoms with Gasteiger partial charge >= 0.3 is 0 Å². The molecule has 2 aliphatic heterocycles. The molecule has 31 heavy (non-hydrogen) atoms. The topological polar surface area (TPSA) is 70.2 Å². The van der Waals surface area contributed by atoms with Crippen molar-refractivity contribution in [2.24, 2.45) is 5.92 Å². The summed E-state index contributed by atoms with van der Waals surface area (Å²) in [7, 11) is 0. The average molecular weight is 432 g/mol. The summed E-state index contributed by atoms with van der Waals surface area (Å²) in [5, 5.41) is 0. The quantitative estimate of drug-likeness (QED) is 0.720. The third-order valence-electron chi connectivity index (χ3n) is 6.84. The van der Waals surface area contributed by atoms with E-state index in [0.29, 0.717) is 44.9 Å². The zero-order chi connectivity index (χ0) is 22.2. The molecule has 3 atom stereocenters. The van der Waals surface area contributed by atoms with E-state index < -0.39 is 23.5 Å². The first kappa shape index (κ1) is 21.7. The molecule has 1 aliphatic carbocycles. The number of carbonyl (C=O) groups is 3. The Morgan fingerprint density at radius 3 is 2.42 bits per heavy atom. The number of hydrogen-bond acceptors (Lipinski definition) is 4. The fourth-order valence-corrected chi connectivity index (χ4v) is 5.21. The summed E-state index contributed by atoms with van der Waals surface area (Å²) in [6, 6.07) is 5.10. The fourth-order valence-electron chi connectivity index (χ4n) is 5.21. The molecule has 0 radical (unpaired) electrons. The van der Waals surface area contributed by atoms with Gasteiger partial charge in [0.2, 0.25) is 11.8 Å². The highest BCUT2D eigenvalue weighted by Crippen LogP contribution is 2.43. The van der Waals surface area contributed by atoms with Gasteiger partial charge in [0.1, 0.15) is 17.6 Å². The maximum atomic E-state index is 14.5. The Kier molecular flexibility index (Phi) is 6.01. The second-order valence-corrected chi connectivity index (χ2v) is 8.96. The summed E-state index contributed by atoms with van der Waals surface area (Å²) in [6.07, 6.45) is 3.20. The van der Waals surface area contributed by atoms with Crippen LogP contribution in [0.3, 0.4) is 0 Å². The van der Waals surface area contributed by atoms with Crippen molar-refractivity contribution in [3.05, 3.63) is 35.6 Å². The Morgan fingerprint density at radius 2 is 1.77 bits per heavy atom. The normalized spacial score (nSPS) is 28.8. The lowest BCUT2D eigenvalue weighted by atomic mass is 9.83. The highest BCUT2D eigenvalue weighted by Gasteiger charge is 2.55. The van der Waals surface area contributed by atoms with Gasteiger partial charge in [-0.3, -0.25) is 19.3 Å². The maximum Gasteiger partial charge on any atom is 0.259 e. The molecule has 2 heterocycles. The van der Waals surface area contributed by atoms with E-state index in [2.05, 4.69) is 6.92 Å². The van der Waals surface area contributed by atoms with Crippen LogP contribution in [0, 0.1) is 11.7 Å². The van der Waals surface area contributed by atoms with Crippen LogP contribution in [-0.4, -0.2) is 77.0 Å². The SMILES string of the molecule is CC(=O)N1CCN(C(=O)[C@@H]2CO[C@]3(CCC[C@@H](C)C3)N2C(=O)c2ccccc2F)CC1. The molecule has 8 heteroatoms. The number of nitrogens with zero attached hydrogens (tertiary/aromatic N) is 3. The van der Waals surface area contributed by atoms with Gasteiger partial charge < -0.3 is 14.5 Å². The van der Waals surface area contributed by atoms with Gasteiger partial charge in [0.15, 0.2) is 0 Å². The van der Waals surface area contributed by atoms with Crippen molar-refractivity contribution in [1.82, 2.24) is 14.7 Å². The molecule has 3 amide bonds. The third kappa shape index (κ3) is 4.05. The molecule has 0 N–H and O–H groups in total. The minimum absolute atomic E-state index is 0.0113. The molecule has 4 rings (SSSR count). The van der Waals surface area contributed by atoms with Crippen LogP contribution in [0.1, 0.15) is 49.9 Å². The minimum atomic E-state index is -0.876. The van der Waals surface area contributed by atoms with Gasteiger partial charge in [-0.1, -0.05) is 25.5 Å². The Labute approximate surface area is 182 Å². The van der Waals surface area contributed by atoms with Crippen LogP contribution >= 0.6 is 0 Å². The number of piperazine rings is 1. The molecule has 7 nitrogen and oxygen atoms in total. The van der Waals surface area contributed by atoms with Crippen molar-refractivity contribution in [3.8, 4) is 0 Å². The average Bonchev–Trinajstić information content (AvgIpc) is 3.11. The first-order chi connectivity index (χ1) is 14.8. The van der Waals surface area contributed by atoms with E-state index in [9.17, 15) is 18.8 Å². The van der Waals surface area contributed by atoms with E-state index in [1.807, 2.05) is 0 Å². The molecule has 0 bridgehead atoms. The Balaban J connectivity index is 1.62. The lowest BCUT2D eigenvalue weighted by Crippen LogP contribution is -2.60. The van der Waals surface area contributed by atoms with Crippen LogP contribution in [0.15, 0.2) is 24.3 Å². The number of hydrogen-bond donors (Lipinski definition) is 0. The van der Waals surface area contributed by atoms with E-state index in [0.717, 1.165) is 12.8 Å². The van der Waals surface area contributed by atoms with Crippen LogP contribution in [0.4, 0.5) is 4.39 Å².